The summed E-state index contributed by atoms with van der Waals surface area (Å²) in [6.45, 7) is 4.51. The lowest BCUT2D eigenvalue weighted by molar-refractivity contribution is -0.887. The van der Waals surface area contributed by atoms with Gasteiger partial charge in [-0.1, -0.05) is 36.4 Å². The molecule has 0 bridgehead atoms. The smallest absolute Gasteiger partial charge is 0.139 e. The molecule has 3 heterocycles. The molecular weight excluding hydrogens is 332 g/mol. The van der Waals surface area contributed by atoms with E-state index in [1.165, 1.54) is 40.2 Å². The molecule has 0 radical (unpaired) electrons. The standard InChI is InChI=1S/C23H27N4/c1-25-20-12-7-5-10-18(20)21-22(25)17-9-4-6-11-19(17)24-23(21)26-13-8-15-27(2,3)16-14-26/h4-7,9-12H,8,13-16H2,1-3H3/q+1. The van der Waals surface area contributed by atoms with E-state index in [1.54, 1.807) is 0 Å². The molecule has 0 amide bonds. The molecule has 1 saturated heterocycles. The van der Waals surface area contributed by atoms with Crippen LogP contribution in [0.2, 0.25) is 0 Å². The lowest BCUT2D eigenvalue weighted by atomic mass is 10.1. The molecule has 2 aromatic carbocycles. The third-order valence-corrected chi connectivity index (χ3v) is 6.18. The van der Waals surface area contributed by atoms with E-state index < -0.39 is 0 Å². The van der Waals surface area contributed by atoms with Gasteiger partial charge in [-0.15, -0.1) is 0 Å². The summed E-state index contributed by atoms with van der Waals surface area (Å²) in [5.74, 6) is 1.16. The number of benzene rings is 2. The van der Waals surface area contributed by atoms with Crippen molar-refractivity contribution in [2.75, 3.05) is 45.2 Å². The maximum Gasteiger partial charge on any atom is 0.139 e. The number of para-hydroxylation sites is 2. The van der Waals surface area contributed by atoms with Crippen LogP contribution < -0.4 is 4.90 Å². The molecule has 0 spiro atoms. The summed E-state index contributed by atoms with van der Waals surface area (Å²) in [4.78, 5) is 7.71. The van der Waals surface area contributed by atoms with Gasteiger partial charge in [0, 0.05) is 36.3 Å². The topological polar surface area (TPSA) is 21.1 Å². The molecule has 1 aliphatic rings. The fourth-order valence-electron chi connectivity index (χ4n) is 4.62. The average Bonchev–Trinajstić information content (AvgIpc) is 2.84. The number of hydrogen-bond donors (Lipinski definition) is 0. The van der Waals surface area contributed by atoms with Crippen LogP contribution in [0.3, 0.4) is 0 Å². The minimum absolute atomic E-state index is 1.05. The molecule has 1 aliphatic heterocycles. The molecule has 0 N–H and O–H groups in total. The highest BCUT2D eigenvalue weighted by Crippen LogP contribution is 2.38. The number of likely N-dealkylation sites (N-methyl/N-ethyl adjacent to an activating group) is 1. The molecule has 0 aliphatic carbocycles. The Morgan fingerprint density at radius 2 is 1.63 bits per heavy atom. The molecule has 0 saturated carbocycles. The largest absolute Gasteiger partial charge is 0.350 e. The predicted octanol–water partition coefficient (Wildman–Crippen LogP) is 4.17. The van der Waals surface area contributed by atoms with Crippen LogP contribution in [0.5, 0.6) is 0 Å². The first-order valence-corrected chi connectivity index (χ1v) is 9.88. The van der Waals surface area contributed by atoms with Gasteiger partial charge in [-0.25, -0.2) is 4.98 Å². The van der Waals surface area contributed by atoms with E-state index >= 15 is 0 Å². The van der Waals surface area contributed by atoms with Gasteiger partial charge in [0.05, 0.1) is 50.1 Å². The molecule has 27 heavy (non-hydrogen) atoms. The van der Waals surface area contributed by atoms with Crippen LogP contribution in [0.25, 0.3) is 32.7 Å². The predicted molar refractivity (Wildman–Crippen MR) is 114 cm³/mol. The maximum absolute atomic E-state index is 5.19. The summed E-state index contributed by atoms with van der Waals surface area (Å²) < 4.78 is 3.43. The highest BCUT2D eigenvalue weighted by Gasteiger charge is 2.26. The summed E-state index contributed by atoms with van der Waals surface area (Å²) in [6.07, 6.45) is 1.20. The van der Waals surface area contributed by atoms with Gasteiger partial charge >= 0.3 is 0 Å². The Labute approximate surface area is 160 Å². The number of aryl methyl sites for hydroxylation is 1. The van der Waals surface area contributed by atoms with E-state index in [0.717, 1.165) is 35.5 Å². The number of nitrogens with zero attached hydrogens (tertiary/aromatic N) is 4. The van der Waals surface area contributed by atoms with Crippen molar-refractivity contribution in [2.24, 2.45) is 7.05 Å². The number of pyridine rings is 1. The maximum atomic E-state index is 5.19. The van der Waals surface area contributed by atoms with Crippen LogP contribution in [0, 0.1) is 0 Å². The number of fused-ring (bicyclic) bond motifs is 5. The Balaban J connectivity index is 1.84. The zero-order valence-electron chi connectivity index (χ0n) is 16.4. The Morgan fingerprint density at radius 1 is 0.889 bits per heavy atom. The number of rotatable bonds is 1. The first-order chi connectivity index (χ1) is 13.1. The van der Waals surface area contributed by atoms with Gasteiger partial charge in [0.1, 0.15) is 5.82 Å². The molecule has 0 atom stereocenters. The first-order valence-electron chi connectivity index (χ1n) is 9.88. The van der Waals surface area contributed by atoms with Gasteiger partial charge in [0.25, 0.3) is 0 Å². The van der Waals surface area contributed by atoms with Crippen LogP contribution in [-0.4, -0.2) is 54.3 Å². The van der Waals surface area contributed by atoms with Crippen molar-refractivity contribution in [2.45, 2.75) is 6.42 Å². The summed E-state index contributed by atoms with van der Waals surface area (Å²) in [5, 5.41) is 3.85. The molecule has 4 nitrogen and oxygen atoms in total. The second-order valence-electron chi connectivity index (χ2n) is 8.48. The Kier molecular flexibility index (Phi) is 3.66. The first kappa shape index (κ1) is 16.6. The second kappa shape index (κ2) is 5.96. The van der Waals surface area contributed by atoms with E-state index in [2.05, 4.69) is 79.1 Å². The SMILES string of the molecule is Cn1c2ccccc2c2c(N3CCC[N+](C)(C)CC3)nc3ccccc3c21. The zero-order valence-corrected chi connectivity index (χ0v) is 16.4. The molecule has 4 heteroatoms. The van der Waals surface area contributed by atoms with Crippen LogP contribution in [0.4, 0.5) is 5.82 Å². The molecule has 4 aromatic rings. The van der Waals surface area contributed by atoms with E-state index in [-0.39, 0.29) is 0 Å². The van der Waals surface area contributed by atoms with Gasteiger partial charge in [-0.3, -0.25) is 0 Å². The van der Waals surface area contributed by atoms with Crippen molar-refractivity contribution >= 4 is 38.5 Å². The fourth-order valence-corrected chi connectivity index (χ4v) is 4.62. The quantitative estimate of drug-likeness (QED) is 0.476. The lowest BCUT2D eigenvalue weighted by Gasteiger charge is -2.28. The summed E-state index contributed by atoms with van der Waals surface area (Å²) in [6, 6.07) is 17.3. The lowest BCUT2D eigenvalue weighted by Crippen LogP contribution is -2.42. The van der Waals surface area contributed by atoms with Crippen molar-refractivity contribution < 1.29 is 4.48 Å². The van der Waals surface area contributed by atoms with E-state index in [9.17, 15) is 0 Å². The van der Waals surface area contributed by atoms with Crippen molar-refractivity contribution in [1.82, 2.24) is 9.55 Å². The molecule has 2 aromatic heterocycles. The number of anilines is 1. The zero-order chi connectivity index (χ0) is 18.6. The molecule has 5 rings (SSSR count). The highest BCUT2D eigenvalue weighted by molar-refractivity contribution is 6.21. The molecule has 0 unspecified atom stereocenters. The summed E-state index contributed by atoms with van der Waals surface area (Å²) in [7, 11) is 6.86. The van der Waals surface area contributed by atoms with E-state index in [4.69, 9.17) is 4.98 Å². The fraction of sp³-hybridized carbons (Fsp3) is 0.348. The number of quaternary nitrogens is 1. The Bertz CT molecular complexity index is 1160. The normalized spacial score (nSPS) is 17.7. The van der Waals surface area contributed by atoms with Crippen molar-refractivity contribution in [1.29, 1.82) is 0 Å². The van der Waals surface area contributed by atoms with E-state index in [0.29, 0.717) is 0 Å². The monoisotopic (exact) mass is 359 g/mol. The van der Waals surface area contributed by atoms with Gasteiger partial charge in [0.15, 0.2) is 0 Å². The number of aromatic nitrogens is 2. The summed E-state index contributed by atoms with van der Waals surface area (Å²) >= 11 is 0. The third kappa shape index (κ3) is 2.59. The van der Waals surface area contributed by atoms with Crippen molar-refractivity contribution in [3.8, 4) is 0 Å². The number of hydrogen-bond acceptors (Lipinski definition) is 2. The molecule has 138 valence electrons. The second-order valence-corrected chi connectivity index (χ2v) is 8.48. The molecular formula is C23H27N4+. The van der Waals surface area contributed by atoms with Gasteiger partial charge in [-0.2, -0.15) is 0 Å². The minimum atomic E-state index is 1.05. The van der Waals surface area contributed by atoms with Crippen LogP contribution in [-0.2, 0) is 7.05 Å². The Morgan fingerprint density at radius 3 is 2.48 bits per heavy atom. The van der Waals surface area contributed by atoms with Crippen LogP contribution >= 0.6 is 0 Å². The van der Waals surface area contributed by atoms with Crippen LogP contribution in [0.15, 0.2) is 48.5 Å². The Hall–Kier alpha value is -2.59. The highest BCUT2D eigenvalue weighted by atomic mass is 15.3. The van der Waals surface area contributed by atoms with Crippen LogP contribution in [0.1, 0.15) is 6.42 Å². The van der Waals surface area contributed by atoms with Gasteiger partial charge in [-0.05, 0) is 12.1 Å². The van der Waals surface area contributed by atoms with E-state index in [1.807, 2.05) is 0 Å². The minimum Gasteiger partial charge on any atom is -0.350 e. The van der Waals surface area contributed by atoms with Gasteiger partial charge < -0.3 is 14.0 Å². The van der Waals surface area contributed by atoms with Gasteiger partial charge in [0.2, 0.25) is 0 Å². The third-order valence-electron chi connectivity index (χ3n) is 6.18. The average molecular weight is 359 g/mol. The van der Waals surface area contributed by atoms with Crippen molar-refractivity contribution in [3.05, 3.63) is 48.5 Å². The molecule has 1 fully saturated rings. The summed E-state index contributed by atoms with van der Waals surface area (Å²) in [5.41, 5.74) is 3.66. The van der Waals surface area contributed by atoms with Crippen molar-refractivity contribution in [3.63, 3.8) is 0 Å².